The van der Waals surface area contributed by atoms with Crippen LogP contribution < -0.4 is 11.1 Å². The highest BCUT2D eigenvalue weighted by atomic mass is 16.3. The molecule has 0 radical (unpaired) electrons. The van der Waals surface area contributed by atoms with Crippen LogP contribution in [-0.4, -0.2) is 11.7 Å². The molecule has 0 unspecified atom stereocenters. The zero-order valence-electron chi connectivity index (χ0n) is 9.29. The van der Waals surface area contributed by atoms with Crippen LogP contribution in [-0.2, 0) is 6.54 Å². The first-order valence-electron chi connectivity index (χ1n) is 5.52. The van der Waals surface area contributed by atoms with Crippen molar-refractivity contribution < 1.29 is 5.11 Å². The minimum absolute atomic E-state index is 0.312. The fourth-order valence-electron chi connectivity index (χ4n) is 1.47. The number of phenolic OH excluding ortho intramolecular Hbond substituents is 1. The van der Waals surface area contributed by atoms with Crippen molar-refractivity contribution in [3.8, 4) is 5.75 Å². The number of nitrogen functional groups attached to an aromatic ring is 1. The van der Waals surface area contributed by atoms with Gasteiger partial charge in [-0.05, 0) is 31.2 Å². The molecule has 15 heavy (non-hydrogen) atoms. The zero-order chi connectivity index (χ0) is 11.1. The zero-order valence-corrected chi connectivity index (χ0v) is 9.29. The second-order valence-corrected chi connectivity index (χ2v) is 3.77. The largest absolute Gasteiger partial charge is 0.508 e. The number of rotatable bonds is 6. The molecule has 0 saturated carbocycles. The van der Waals surface area contributed by atoms with Crippen molar-refractivity contribution in [2.24, 2.45) is 0 Å². The van der Waals surface area contributed by atoms with Crippen molar-refractivity contribution in [2.45, 2.75) is 32.7 Å². The fraction of sp³-hybridized carbons (Fsp3) is 0.500. The van der Waals surface area contributed by atoms with Crippen molar-refractivity contribution in [3.05, 3.63) is 23.8 Å². The maximum atomic E-state index is 9.54. The van der Waals surface area contributed by atoms with Crippen molar-refractivity contribution >= 4 is 5.69 Å². The van der Waals surface area contributed by atoms with E-state index >= 15 is 0 Å². The molecule has 3 nitrogen and oxygen atoms in total. The Bertz CT molecular complexity index is 300. The molecule has 1 rings (SSSR count). The van der Waals surface area contributed by atoms with Crippen LogP contribution in [0.15, 0.2) is 18.2 Å². The molecule has 0 heterocycles. The van der Waals surface area contributed by atoms with Gasteiger partial charge in [0.25, 0.3) is 0 Å². The van der Waals surface area contributed by atoms with Gasteiger partial charge in [-0.2, -0.15) is 0 Å². The summed E-state index contributed by atoms with van der Waals surface area (Å²) in [5.74, 6) is 0.312. The summed E-state index contributed by atoms with van der Waals surface area (Å²) in [5, 5.41) is 12.8. The number of phenols is 1. The number of anilines is 1. The Morgan fingerprint density at radius 2 is 2.13 bits per heavy atom. The number of aromatic hydroxyl groups is 1. The number of nitrogens with two attached hydrogens (primary N) is 1. The molecule has 84 valence electrons. The topological polar surface area (TPSA) is 58.3 Å². The first-order valence-corrected chi connectivity index (χ1v) is 5.52. The van der Waals surface area contributed by atoms with E-state index < -0.39 is 0 Å². The number of nitrogens with one attached hydrogen (secondary N) is 1. The average molecular weight is 208 g/mol. The second-order valence-electron chi connectivity index (χ2n) is 3.77. The van der Waals surface area contributed by atoms with Crippen molar-refractivity contribution in [1.29, 1.82) is 0 Å². The Kier molecular flexibility index (Phi) is 4.98. The highest BCUT2D eigenvalue weighted by molar-refractivity contribution is 5.47. The van der Waals surface area contributed by atoms with E-state index in [1.165, 1.54) is 19.3 Å². The van der Waals surface area contributed by atoms with Crippen LogP contribution in [0.3, 0.4) is 0 Å². The summed E-state index contributed by atoms with van der Waals surface area (Å²) in [6, 6.07) is 5.15. The van der Waals surface area contributed by atoms with Gasteiger partial charge >= 0.3 is 0 Å². The van der Waals surface area contributed by atoms with E-state index in [2.05, 4.69) is 12.2 Å². The van der Waals surface area contributed by atoms with Crippen molar-refractivity contribution in [1.82, 2.24) is 5.32 Å². The van der Waals surface area contributed by atoms with Crippen LogP contribution in [0.1, 0.15) is 31.7 Å². The number of unbranched alkanes of at least 4 members (excludes halogenated alkanes) is 2. The highest BCUT2D eigenvalue weighted by Gasteiger charge is 2.00. The molecule has 1 aromatic rings. The maximum Gasteiger partial charge on any atom is 0.120 e. The molecular weight excluding hydrogens is 188 g/mol. The van der Waals surface area contributed by atoms with Gasteiger partial charge < -0.3 is 16.2 Å². The minimum atomic E-state index is 0.312. The Morgan fingerprint density at radius 1 is 1.33 bits per heavy atom. The molecule has 3 heteroatoms. The molecule has 0 aliphatic carbocycles. The van der Waals surface area contributed by atoms with E-state index in [0.29, 0.717) is 18.0 Å². The van der Waals surface area contributed by atoms with Crippen LogP contribution >= 0.6 is 0 Å². The number of benzene rings is 1. The molecular formula is C12H20N2O. The van der Waals surface area contributed by atoms with Crippen LogP contribution in [0.4, 0.5) is 5.69 Å². The lowest BCUT2D eigenvalue weighted by Crippen LogP contribution is -2.14. The summed E-state index contributed by atoms with van der Waals surface area (Å²) in [6.45, 7) is 3.85. The van der Waals surface area contributed by atoms with Crippen LogP contribution in [0.2, 0.25) is 0 Å². The van der Waals surface area contributed by atoms with Gasteiger partial charge in [-0.1, -0.05) is 19.8 Å². The average Bonchev–Trinajstić information content (AvgIpc) is 2.23. The lowest BCUT2D eigenvalue weighted by molar-refractivity contribution is 0.464. The molecule has 0 amide bonds. The summed E-state index contributed by atoms with van der Waals surface area (Å²) in [7, 11) is 0. The Balaban J connectivity index is 2.33. The molecule has 0 bridgehead atoms. The predicted octanol–water partition coefficient (Wildman–Crippen LogP) is 2.25. The van der Waals surface area contributed by atoms with E-state index in [9.17, 15) is 5.11 Å². The summed E-state index contributed by atoms with van der Waals surface area (Å²) >= 11 is 0. The van der Waals surface area contributed by atoms with Gasteiger partial charge in [-0.3, -0.25) is 0 Å². The van der Waals surface area contributed by atoms with E-state index in [4.69, 9.17) is 5.73 Å². The van der Waals surface area contributed by atoms with E-state index in [-0.39, 0.29) is 0 Å². The fourth-order valence-corrected chi connectivity index (χ4v) is 1.47. The Morgan fingerprint density at radius 3 is 2.87 bits per heavy atom. The van der Waals surface area contributed by atoms with E-state index in [1.807, 2.05) is 6.07 Å². The van der Waals surface area contributed by atoms with Gasteiger partial charge in [0, 0.05) is 17.8 Å². The van der Waals surface area contributed by atoms with Crippen LogP contribution in [0.25, 0.3) is 0 Å². The van der Waals surface area contributed by atoms with Crippen molar-refractivity contribution in [2.75, 3.05) is 12.3 Å². The lowest BCUT2D eigenvalue weighted by Gasteiger charge is -2.07. The number of hydrogen-bond acceptors (Lipinski definition) is 3. The first kappa shape index (κ1) is 11.9. The third kappa shape index (κ3) is 4.21. The van der Waals surface area contributed by atoms with E-state index in [0.717, 1.165) is 12.1 Å². The molecule has 0 fully saturated rings. The molecule has 0 aromatic heterocycles. The molecule has 0 aliphatic rings. The normalized spacial score (nSPS) is 10.5. The summed E-state index contributed by atoms with van der Waals surface area (Å²) in [5.41, 5.74) is 7.20. The predicted molar refractivity (Wildman–Crippen MR) is 63.8 cm³/mol. The third-order valence-electron chi connectivity index (χ3n) is 2.38. The van der Waals surface area contributed by atoms with Gasteiger partial charge in [0.15, 0.2) is 0 Å². The Labute approximate surface area is 91.3 Å². The van der Waals surface area contributed by atoms with Gasteiger partial charge in [-0.15, -0.1) is 0 Å². The lowest BCUT2D eigenvalue weighted by atomic mass is 10.1. The highest BCUT2D eigenvalue weighted by Crippen LogP contribution is 2.19. The molecule has 0 spiro atoms. The Hall–Kier alpha value is -1.22. The second kappa shape index (κ2) is 6.30. The minimum Gasteiger partial charge on any atom is -0.508 e. The SMILES string of the molecule is CCCCCNCc1cc(N)ccc1O. The van der Waals surface area contributed by atoms with Gasteiger partial charge in [0.1, 0.15) is 5.75 Å². The van der Waals surface area contributed by atoms with E-state index in [1.54, 1.807) is 12.1 Å². The summed E-state index contributed by atoms with van der Waals surface area (Å²) < 4.78 is 0. The standard InChI is InChI=1S/C12H20N2O/c1-2-3-4-7-14-9-10-8-11(13)5-6-12(10)15/h5-6,8,14-15H,2-4,7,9,13H2,1H3. The molecule has 4 N–H and O–H groups in total. The van der Waals surface area contributed by atoms with Gasteiger partial charge in [0.2, 0.25) is 0 Å². The quantitative estimate of drug-likeness (QED) is 0.382. The summed E-state index contributed by atoms with van der Waals surface area (Å²) in [4.78, 5) is 0. The number of hydrogen-bond donors (Lipinski definition) is 3. The third-order valence-corrected chi connectivity index (χ3v) is 2.38. The smallest absolute Gasteiger partial charge is 0.120 e. The first-order chi connectivity index (χ1) is 7.24. The maximum absolute atomic E-state index is 9.54. The van der Waals surface area contributed by atoms with Crippen LogP contribution in [0.5, 0.6) is 5.75 Å². The molecule has 1 aromatic carbocycles. The molecule has 0 saturated heterocycles. The van der Waals surface area contributed by atoms with Gasteiger partial charge in [0.05, 0.1) is 0 Å². The van der Waals surface area contributed by atoms with Crippen LogP contribution in [0, 0.1) is 0 Å². The van der Waals surface area contributed by atoms with Crippen molar-refractivity contribution in [3.63, 3.8) is 0 Å². The summed E-state index contributed by atoms with van der Waals surface area (Å²) in [6.07, 6.45) is 3.65. The monoisotopic (exact) mass is 208 g/mol. The molecule has 0 atom stereocenters. The molecule has 0 aliphatic heterocycles. The van der Waals surface area contributed by atoms with Gasteiger partial charge in [-0.25, -0.2) is 0 Å².